The van der Waals surface area contributed by atoms with Gasteiger partial charge in [-0.25, -0.2) is 8.78 Å². The molecule has 0 bridgehead atoms. The Morgan fingerprint density at radius 1 is 1.11 bits per heavy atom. The third-order valence-electron chi connectivity index (χ3n) is 3.16. The maximum Gasteiger partial charge on any atom is 0.416 e. The highest BCUT2D eigenvalue weighted by Crippen LogP contribution is 2.36. The van der Waals surface area contributed by atoms with Crippen LogP contribution >= 0.6 is 0 Å². The van der Waals surface area contributed by atoms with Gasteiger partial charge in [0.25, 0.3) is 5.92 Å². The molecule has 19 heavy (non-hydrogen) atoms. The Bertz CT molecular complexity index is 437. The molecule has 0 radical (unpaired) electrons. The van der Waals surface area contributed by atoms with Crippen molar-refractivity contribution in [3.63, 3.8) is 0 Å². The Balaban J connectivity index is 3.01. The topological polar surface area (TPSA) is 20.2 Å². The molecule has 1 rings (SSSR count). The van der Waals surface area contributed by atoms with Gasteiger partial charge in [0.2, 0.25) is 0 Å². The first-order chi connectivity index (χ1) is 8.49. The van der Waals surface area contributed by atoms with Crippen molar-refractivity contribution in [3.05, 3.63) is 35.4 Å². The maximum absolute atomic E-state index is 13.8. The number of halogens is 5. The minimum absolute atomic E-state index is 0.159. The number of hydrogen-bond donors (Lipinski definition) is 1. The molecule has 1 aromatic rings. The van der Waals surface area contributed by atoms with E-state index in [1.165, 1.54) is 13.0 Å². The highest BCUT2D eigenvalue weighted by molar-refractivity contribution is 5.27. The number of hydrogen-bond acceptors (Lipinski definition) is 1. The van der Waals surface area contributed by atoms with E-state index in [4.69, 9.17) is 0 Å². The molecule has 0 aromatic heterocycles. The molecule has 1 N–H and O–H groups in total. The number of aliphatic hydroxyl groups is 1. The molecule has 1 aromatic carbocycles. The Labute approximate surface area is 108 Å². The zero-order chi connectivity index (χ0) is 14.9. The van der Waals surface area contributed by atoms with E-state index >= 15 is 0 Å². The third-order valence-corrected chi connectivity index (χ3v) is 3.16. The Kier molecular flexibility index (Phi) is 4.24. The molecule has 0 saturated heterocycles. The minimum atomic E-state index is -4.57. The van der Waals surface area contributed by atoms with Gasteiger partial charge in [-0.05, 0) is 25.0 Å². The summed E-state index contributed by atoms with van der Waals surface area (Å²) in [5, 5.41) is 9.57. The Morgan fingerprint density at radius 2 is 1.68 bits per heavy atom. The van der Waals surface area contributed by atoms with E-state index in [9.17, 15) is 27.1 Å². The maximum atomic E-state index is 13.8. The van der Waals surface area contributed by atoms with Gasteiger partial charge >= 0.3 is 6.18 Å². The Hall–Kier alpha value is -1.17. The molecule has 108 valence electrons. The van der Waals surface area contributed by atoms with Gasteiger partial charge in [-0.2, -0.15) is 13.2 Å². The zero-order valence-corrected chi connectivity index (χ0v) is 10.6. The van der Waals surface area contributed by atoms with Crippen molar-refractivity contribution in [2.24, 2.45) is 0 Å². The zero-order valence-electron chi connectivity index (χ0n) is 10.6. The average molecular weight is 282 g/mol. The number of alkyl halides is 5. The van der Waals surface area contributed by atoms with E-state index in [1.807, 2.05) is 0 Å². The van der Waals surface area contributed by atoms with E-state index in [0.29, 0.717) is 6.07 Å². The summed E-state index contributed by atoms with van der Waals surface area (Å²) >= 11 is 0. The van der Waals surface area contributed by atoms with Crippen LogP contribution in [0, 0.1) is 0 Å². The van der Waals surface area contributed by atoms with E-state index in [2.05, 4.69) is 0 Å². The normalized spacial score (nSPS) is 16.2. The van der Waals surface area contributed by atoms with Gasteiger partial charge in [0.1, 0.15) is 5.60 Å². The molecule has 1 unspecified atom stereocenters. The lowest BCUT2D eigenvalue weighted by Gasteiger charge is -2.31. The van der Waals surface area contributed by atoms with Gasteiger partial charge in [-0.15, -0.1) is 0 Å². The molecule has 0 spiro atoms. The molecule has 0 fully saturated rings. The second kappa shape index (κ2) is 5.07. The standard InChI is InChI=1S/C13H15F5O/c1-3-11(2,19)12(14,15)8-9-5-4-6-10(7-9)13(16,17)18/h4-7,19H,3,8H2,1-2H3. The van der Waals surface area contributed by atoms with Gasteiger partial charge < -0.3 is 5.11 Å². The van der Waals surface area contributed by atoms with Gasteiger partial charge in [-0.3, -0.25) is 0 Å². The van der Waals surface area contributed by atoms with E-state index in [0.717, 1.165) is 19.1 Å². The number of rotatable bonds is 4. The fraction of sp³-hybridized carbons (Fsp3) is 0.538. The summed E-state index contributed by atoms with van der Waals surface area (Å²) in [6.07, 6.45) is -5.70. The lowest BCUT2D eigenvalue weighted by atomic mass is 9.89. The summed E-state index contributed by atoms with van der Waals surface area (Å²) in [7, 11) is 0. The van der Waals surface area contributed by atoms with Crippen LogP contribution in [0.25, 0.3) is 0 Å². The van der Waals surface area contributed by atoms with Crippen molar-refractivity contribution in [1.29, 1.82) is 0 Å². The SMILES string of the molecule is CCC(C)(O)C(F)(F)Cc1cccc(C(F)(F)F)c1. The van der Waals surface area contributed by atoms with Gasteiger partial charge in [0.05, 0.1) is 5.56 Å². The van der Waals surface area contributed by atoms with E-state index < -0.39 is 29.7 Å². The third kappa shape index (κ3) is 3.65. The van der Waals surface area contributed by atoms with Crippen LogP contribution in [0.5, 0.6) is 0 Å². The predicted molar refractivity (Wildman–Crippen MR) is 61.0 cm³/mol. The molecule has 1 nitrogen and oxygen atoms in total. The van der Waals surface area contributed by atoms with Crippen molar-refractivity contribution in [2.75, 3.05) is 0 Å². The lowest BCUT2D eigenvalue weighted by molar-refractivity contribution is -0.171. The summed E-state index contributed by atoms with van der Waals surface area (Å²) in [4.78, 5) is 0. The van der Waals surface area contributed by atoms with Gasteiger partial charge in [0, 0.05) is 6.42 Å². The van der Waals surface area contributed by atoms with Gasteiger partial charge in [0.15, 0.2) is 0 Å². The van der Waals surface area contributed by atoms with Crippen molar-refractivity contribution >= 4 is 0 Å². The van der Waals surface area contributed by atoms with Crippen molar-refractivity contribution in [3.8, 4) is 0 Å². The molecule has 1 atom stereocenters. The predicted octanol–water partition coefficient (Wildman–Crippen LogP) is 4.04. The van der Waals surface area contributed by atoms with E-state index in [1.54, 1.807) is 0 Å². The van der Waals surface area contributed by atoms with Crippen LogP contribution in [0.1, 0.15) is 31.4 Å². The van der Waals surface area contributed by atoms with Crippen LogP contribution in [0.2, 0.25) is 0 Å². The molecule has 0 aliphatic rings. The fourth-order valence-electron chi connectivity index (χ4n) is 1.56. The van der Waals surface area contributed by atoms with E-state index in [-0.39, 0.29) is 12.0 Å². The fourth-order valence-corrected chi connectivity index (χ4v) is 1.56. The Morgan fingerprint density at radius 3 is 2.16 bits per heavy atom. The highest BCUT2D eigenvalue weighted by Gasteiger charge is 2.47. The molecular weight excluding hydrogens is 267 g/mol. The summed E-state index contributed by atoms with van der Waals surface area (Å²) in [5.41, 5.74) is -3.38. The largest absolute Gasteiger partial charge is 0.416 e. The first-order valence-electron chi connectivity index (χ1n) is 5.76. The lowest BCUT2D eigenvalue weighted by Crippen LogP contribution is -2.46. The second-order valence-electron chi connectivity index (χ2n) is 4.71. The van der Waals surface area contributed by atoms with Gasteiger partial charge in [-0.1, -0.05) is 25.1 Å². The van der Waals surface area contributed by atoms with Crippen LogP contribution in [-0.2, 0) is 12.6 Å². The monoisotopic (exact) mass is 282 g/mol. The van der Waals surface area contributed by atoms with Crippen LogP contribution in [0.3, 0.4) is 0 Å². The first-order valence-corrected chi connectivity index (χ1v) is 5.76. The first kappa shape index (κ1) is 15.9. The minimum Gasteiger partial charge on any atom is -0.384 e. The van der Waals surface area contributed by atoms with Crippen LogP contribution in [-0.4, -0.2) is 16.6 Å². The second-order valence-corrected chi connectivity index (χ2v) is 4.71. The van der Waals surface area contributed by atoms with Crippen LogP contribution in [0.4, 0.5) is 22.0 Å². The summed E-state index contributed by atoms with van der Waals surface area (Å²) in [5.74, 6) is -3.49. The molecule has 0 aliphatic carbocycles. The summed E-state index contributed by atoms with van der Waals surface area (Å²) in [6.45, 7) is 2.36. The molecule has 0 aliphatic heterocycles. The summed E-state index contributed by atoms with van der Waals surface area (Å²) in [6, 6.07) is 3.77. The van der Waals surface area contributed by atoms with Crippen LogP contribution < -0.4 is 0 Å². The molecule has 0 amide bonds. The smallest absolute Gasteiger partial charge is 0.384 e. The molecule has 0 heterocycles. The average Bonchev–Trinajstić information content (AvgIpc) is 2.27. The quantitative estimate of drug-likeness (QED) is 0.826. The summed E-state index contributed by atoms with van der Waals surface area (Å²) < 4.78 is 65.0. The van der Waals surface area contributed by atoms with Crippen molar-refractivity contribution in [1.82, 2.24) is 0 Å². The molecule has 6 heteroatoms. The number of benzene rings is 1. The molecule has 0 saturated carbocycles. The molecular formula is C13H15F5O. The van der Waals surface area contributed by atoms with Crippen molar-refractivity contribution in [2.45, 2.75) is 44.4 Å². The highest BCUT2D eigenvalue weighted by atomic mass is 19.4. The van der Waals surface area contributed by atoms with Crippen LogP contribution in [0.15, 0.2) is 24.3 Å². The van der Waals surface area contributed by atoms with Crippen molar-refractivity contribution < 1.29 is 27.1 Å².